The van der Waals surface area contributed by atoms with Crippen molar-refractivity contribution in [2.24, 2.45) is 0 Å². The molecule has 0 unspecified atom stereocenters. The Bertz CT molecular complexity index is 38.3. The topological polar surface area (TPSA) is 40.1 Å². The summed E-state index contributed by atoms with van der Waals surface area (Å²) in [4.78, 5) is 8.89. The van der Waals surface area contributed by atoms with E-state index < -0.39 is 5.97 Å². The van der Waals surface area contributed by atoms with Crippen molar-refractivity contribution in [3.63, 3.8) is 0 Å². The summed E-state index contributed by atoms with van der Waals surface area (Å²) in [6, 6.07) is 0. The van der Waals surface area contributed by atoms with Crippen LogP contribution in [0.3, 0.4) is 0 Å². The Morgan fingerprint density at radius 3 is 1.25 bits per heavy atom. The van der Waals surface area contributed by atoms with Gasteiger partial charge in [0.1, 0.15) is 0 Å². The van der Waals surface area contributed by atoms with Gasteiger partial charge in [-0.15, -0.1) is 50.9 Å². The molecule has 0 rings (SSSR count). The number of halogens is 3. The normalized spacial score (nSPS) is 3.12. The molecule has 8 heavy (non-hydrogen) atoms. The van der Waals surface area contributed by atoms with Crippen molar-refractivity contribution in [2.45, 2.75) is 6.92 Å². The van der Waals surface area contributed by atoms with Crippen LogP contribution >= 0.6 is 50.9 Å². The smallest absolute Gasteiger partial charge is 0.550 e. The van der Waals surface area contributed by atoms with Crippen LogP contribution in [0.5, 0.6) is 0 Å². The molecule has 0 saturated heterocycles. The number of hydrogen-bond acceptors (Lipinski definition) is 2. The first-order valence-electron chi connectivity index (χ1n) is 0.908. The van der Waals surface area contributed by atoms with Gasteiger partial charge in [0.2, 0.25) is 0 Å². The standard InChI is InChI=1S/C2H4O2.3BrH.Cs/c1-2(3)4;;;;/h1H3,(H,3,4);3*1H;/q;;;;+1/p-1. The molecular weight excluding hydrogens is 429 g/mol. The van der Waals surface area contributed by atoms with Crippen LogP contribution in [0.25, 0.3) is 0 Å². The summed E-state index contributed by atoms with van der Waals surface area (Å²) in [5.74, 6) is -1.08. The van der Waals surface area contributed by atoms with E-state index in [0.29, 0.717) is 0 Å². The van der Waals surface area contributed by atoms with Crippen LogP contribution in [0.4, 0.5) is 0 Å². The molecule has 0 atom stereocenters. The monoisotopic (exact) mass is 432 g/mol. The minimum Gasteiger partial charge on any atom is -0.550 e. The Labute approximate surface area is 139 Å². The maximum absolute atomic E-state index is 8.89. The molecule has 0 N–H and O–H groups in total. The van der Waals surface area contributed by atoms with Gasteiger partial charge in [-0.25, -0.2) is 0 Å². The van der Waals surface area contributed by atoms with Crippen LogP contribution in [0.1, 0.15) is 6.92 Å². The number of hydrogen-bond donors (Lipinski definition) is 0. The summed E-state index contributed by atoms with van der Waals surface area (Å²) in [6.07, 6.45) is 0. The van der Waals surface area contributed by atoms with Gasteiger partial charge in [-0.05, 0) is 6.92 Å². The molecule has 0 radical (unpaired) electrons. The Morgan fingerprint density at radius 1 is 1.25 bits per heavy atom. The molecule has 2 nitrogen and oxygen atoms in total. The van der Waals surface area contributed by atoms with E-state index in [0.717, 1.165) is 6.92 Å². The van der Waals surface area contributed by atoms with Crippen molar-refractivity contribution in [1.82, 2.24) is 0 Å². The fourth-order valence-corrected chi connectivity index (χ4v) is 0. The molecule has 0 amide bonds. The van der Waals surface area contributed by atoms with Crippen molar-refractivity contribution in [3.8, 4) is 0 Å². The van der Waals surface area contributed by atoms with E-state index in [4.69, 9.17) is 9.90 Å². The number of aliphatic carboxylic acids is 1. The molecule has 0 aliphatic heterocycles. The van der Waals surface area contributed by atoms with Gasteiger partial charge in [0.15, 0.2) is 0 Å². The van der Waals surface area contributed by atoms with Crippen molar-refractivity contribution >= 4 is 56.9 Å². The fraction of sp³-hybridized carbons (Fsp3) is 0.500. The summed E-state index contributed by atoms with van der Waals surface area (Å²) in [6.45, 7) is 0.972. The maximum atomic E-state index is 8.89. The van der Waals surface area contributed by atoms with E-state index in [1.807, 2.05) is 0 Å². The second kappa shape index (κ2) is 22.5. The SMILES string of the molecule is Br.Br.Br.CC(=O)[O-].[Cs+]. The minimum absolute atomic E-state index is 0. The van der Waals surface area contributed by atoms with Crippen LogP contribution in [-0.4, -0.2) is 5.97 Å². The quantitative estimate of drug-likeness (QED) is 0.423. The molecule has 0 fully saturated rings. The van der Waals surface area contributed by atoms with Crippen molar-refractivity contribution < 1.29 is 78.8 Å². The molecule has 48 valence electrons. The van der Waals surface area contributed by atoms with Crippen LogP contribution in [0, 0.1) is 0 Å². The zero-order valence-corrected chi connectivity index (χ0v) is 16.0. The molecule has 0 aliphatic rings. The van der Waals surface area contributed by atoms with E-state index in [9.17, 15) is 0 Å². The Balaban J connectivity index is -0.00000000750. The van der Waals surface area contributed by atoms with Gasteiger partial charge >= 0.3 is 68.9 Å². The Kier molecular flexibility index (Phi) is 86.1. The summed E-state index contributed by atoms with van der Waals surface area (Å²) < 4.78 is 0. The summed E-state index contributed by atoms with van der Waals surface area (Å²) in [5.41, 5.74) is 0. The number of carbonyl (C=O) groups is 1. The molecule has 0 aromatic carbocycles. The first-order chi connectivity index (χ1) is 1.73. The van der Waals surface area contributed by atoms with E-state index in [1.54, 1.807) is 0 Å². The second-order valence-electron chi connectivity index (χ2n) is 0.492. The number of rotatable bonds is 0. The molecule has 0 heterocycles. The van der Waals surface area contributed by atoms with Crippen LogP contribution in [0.2, 0.25) is 0 Å². The first-order valence-corrected chi connectivity index (χ1v) is 0.908. The van der Waals surface area contributed by atoms with E-state index in [-0.39, 0.29) is 120 Å². The van der Waals surface area contributed by atoms with Crippen LogP contribution < -0.4 is 74.0 Å². The third kappa shape index (κ3) is 64.8. The molecule has 0 aliphatic carbocycles. The number of carboxylic acid groups (broad SMARTS) is 1. The first kappa shape index (κ1) is 30.6. The molecular formula is C2H6Br3CsO2. The zero-order valence-electron chi connectivity index (χ0n) is 4.54. The predicted molar refractivity (Wildman–Crippen MR) is 41.6 cm³/mol. The Hall–Kier alpha value is 2.96. The van der Waals surface area contributed by atoms with Gasteiger partial charge in [0, 0.05) is 5.97 Å². The van der Waals surface area contributed by atoms with Gasteiger partial charge in [-0.3, -0.25) is 0 Å². The van der Waals surface area contributed by atoms with Crippen molar-refractivity contribution in [2.75, 3.05) is 0 Å². The van der Waals surface area contributed by atoms with Crippen LogP contribution in [-0.2, 0) is 4.79 Å². The third-order valence-corrected chi connectivity index (χ3v) is 0. The summed E-state index contributed by atoms with van der Waals surface area (Å²) in [5, 5.41) is 8.89. The van der Waals surface area contributed by atoms with Crippen LogP contribution in [0.15, 0.2) is 0 Å². The number of carbonyl (C=O) groups excluding carboxylic acids is 1. The van der Waals surface area contributed by atoms with E-state index in [1.165, 1.54) is 0 Å². The molecule has 0 aromatic heterocycles. The van der Waals surface area contributed by atoms with Crippen molar-refractivity contribution in [3.05, 3.63) is 0 Å². The summed E-state index contributed by atoms with van der Waals surface area (Å²) in [7, 11) is 0. The Morgan fingerprint density at radius 2 is 1.25 bits per heavy atom. The maximum Gasteiger partial charge on any atom is 1.00 e. The molecule has 6 heteroatoms. The predicted octanol–water partition coefficient (Wildman–Crippen LogP) is -2.51. The van der Waals surface area contributed by atoms with Crippen molar-refractivity contribution in [1.29, 1.82) is 0 Å². The second-order valence-corrected chi connectivity index (χ2v) is 0.492. The largest absolute Gasteiger partial charge is 1.00 e. The average Bonchev–Trinajstić information content (AvgIpc) is 0.811. The average molecular weight is 435 g/mol. The molecule has 0 spiro atoms. The van der Waals surface area contributed by atoms with E-state index in [2.05, 4.69) is 0 Å². The van der Waals surface area contributed by atoms with Gasteiger partial charge < -0.3 is 9.90 Å². The fourth-order valence-electron chi connectivity index (χ4n) is 0. The molecule has 0 saturated carbocycles. The zero-order chi connectivity index (χ0) is 3.58. The van der Waals surface area contributed by atoms with Gasteiger partial charge in [0.05, 0.1) is 0 Å². The summed E-state index contributed by atoms with van der Waals surface area (Å²) >= 11 is 0. The van der Waals surface area contributed by atoms with Gasteiger partial charge in [-0.1, -0.05) is 0 Å². The molecule has 0 aromatic rings. The minimum atomic E-state index is -1.08. The molecule has 0 bridgehead atoms. The number of carboxylic acids is 1. The van der Waals surface area contributed by atoms with E-state index >= 15 is 0 Å². The van der Waals surface area contributed by atoms with Gasteiger partial charge in [-0.2, -0.15) is 0 Å². The third-order valence-electron chi connectivity index (χ3n) is 0. The van der Waals surface area contributed by atoms with Gasteiger partial charge in [0.25, 0.3) is 0 Å².